The number of halogens is 1. The van der Waals surface area contributed by atoms with Crippen LogP contribution in [-0.4, -0.2) is 24.3 Å². The second-order valence-electron chi connectivity index (χ2n) is 6.29. The molecule has 1 heterocycles. The molecule has 2 aromatic carbocycles. The first-order valence-electron chi connectivity index (χ1n) is 8.89. The monoisotopic (exact) mass is 370 g/mol. The van der Waals surface area contributed by atoms with Gasteiger partial charge < -0.3 is 10.1 Å². The van der Waals surface area contributed by atoms with Crippen molar-refractivity contribution in [2.24, 2.45) is 10.9 Å². The van der Waals surface area contributed by atoms with E-state index in [0.717, 1.165) is 11.1 Å². The van der Waals surface area contributed by atoms with E-state index < -0.39 is 5.92 Å². The van der Waals surface area contributed by atoms with Gasteiger partial charge in [-0.05, 0) is 17.5 Å². The van der Waals surface area contributed by atoms with Crippen molar-refractivity contribution in [1.29, 1.82) is 0 Å². The fraction of sp³-hybridized carbons (Fsp3) is 0.333. The molecule has 1 aliphatic rings. The van der Waals surface area contributed by atoms with E-state index in [1.807, 2.05) is 67.6 Å². The minimum atomic E-state index is -0.404. The van der Waals surface area contributed by atoms with Crippen LogP contribution in [0, 0.1) is 5.92 Å². The summed E-state index contributed by atoms with van der Waals surface area (Å²) in [5.41, 5.74) is 2.09. The molecule has 26 heavy (non-hydrogen) atoms. The van der Waals surface area contributed by atoms with E-state index in [1.54, 1.807) is 0 Å². The average Bonchev–Trinajstić information content (AvgIpc) is 3.18. The lowest BCUT2D eigenvalue weighted by Gasteiger charge is -2.20. The number of benzene rings is 2. The number of amides is 1. The van der Waals surface area contributed by atoms with Gasteiger partial charge in [0.25, 0.3) is 0 Å². The molecule has 1 aliphatic heterocycles. The molecule has 1 amide bonds. The van der Waals surface area contributed by atoms with Crippen LogP contribution in [0.2, 0.25) is 0 Å². The minimum absolute atomic E-state index is 0.0500. The Labute approximate surface area is 159 Å². The summed E-state index contributed by atoms with van der Waals surface area (Å²) in [7, 11) is 0. The molecule has 4 nitrogen and oxygen atoms in total. The third-order valence-electron chi connectivity index (χ3n) is 4.55. The van der Waals surface area contributed by atoms with Gasteiger partial charge in [0, 0.05) is 5.88 Å². The quantitative estimate of drug-likeness (QED) is 0.739. The number of hydrogen-bond donors (Lipinski definition) is 1. The predicted octanol–water partition coefficient (Wildman–Crippen LogP) is 4.28. The molecule has 0 radical (unpaired) electrons. The number of hydrogen-bond acceptors (Lipinski definition) is 3. The predicted molar refractivity (Wildman–Crippen MR) is 104 cm³/mol. The zero-order valence-corrected chi connectivity index (χ0v) is 15.5. The normalized spacial score (nSPS) is 18.5. The molecule has 0 spiro atoms. The van der Waals surface area contributed by atoms with Crippen LogP contribution < -0.4 is 5.32 Å². The first kappa shape index (κ1) is 18.5. The molecular formula is C21H23ClN2O2. The van der Waals surface area contributed by atoms with Gasteiger partial charge in [-0.15, -0.1) is 11.6 Å². The highest BCUT2D eigenvalue weighted by Crippen LogP contribution is 2.26. The SMILES string of the molecule is CCC(C(=O)N[C@@H](CCl)c1ccccc1)C1=N[C@H](c2ccccc2)CO1. The average molecular weight is 371 g/mol. The summed E-state index contributed by atoms with van der Waals surface area (Å²) in [5, 5.41) is 3.03. The largest absolute Gasteiger partial charge is 0.478 e. The van der Waals surface area contributed by atoms with E-state index >= 15 is 0 Å². The highest BCUT2D eigenvalue weighted by molar-refractivity contribution is 6.18. The molecule has 1 unspecified atom stereocenters. The van der Waals surface area contributed by atoms with E-state index in [1.165, 1.54) is 0 Å². The third kappa shape index (κ3) is 4.25. The van der Waals surface area contributed by atoms with Crippen molar-refractivity contribution in [3.63, 3.8) is 0 Å². The summed E-state index contributed by atoms with van der Waals surface area (Å²) in [4.78, 5) is 17.5. The van der Waals surface area contributed by atoms with E-state index in [9.17, 15) is 4.79 Å². The maximum absolute atomic E-state index is 12.8. The Balaban J connectivity index is 1.71. The summed E-state index contributed by atoms with van der Waals surface area (Å²) in [6.45, 7) is 2.44. The van der Waals surface area contributed by atoms with Gasteiger partial charge >= 0.3 is 0 Å². The van der Waals surface area contributed by atoms with Crippen molar-refractivity contribution in [3.8, 4) is 0 Å². The van der Waals surface area contributed by atoms with Gasteiger partial charge in [0.15, 0.2) is 5.90 Å². The van der Waals surface area contributed by atoms with Gasteiger partial charge in [-0.25, -0.2) is 4.99 Å². The fourth-order valence-corrected chi connectivity index (χ4v) is 3.33. The molecule has 0 bridgehead atoms. The minimum Gasteiger partial charge on any atom is -0.478 e. The molecule has 0 fully saturated rings. The van der Waals surface area contributed by atoms with Crippen LogP contribution in [0.25, 0.3) is 0 Å². The number of carbonyl (C=O) groups is 1. The molecule has 3 atom stereocenters. The summed E-state index contributed by atoms with van der Waals surface area (Å²) in [5.74, 6) is 0.319. The molecular weight excluding hydrogens is 348 g/mol. The highest BCUT2D eigenvalue weighted by atomic mass is 35.5. The van der Waals surface area contributed by atoms with Crippen molar-refractivity contribution in [2.45, 2.75) is 25.4 Å². The molecule has 0 saturated carbocycles. The number of nitrogens with zero attached hydrogens (tertiary/aromatic N) is 1. The molecule has 2 aromatic rings. The number of nitrogens with one attached hydrogen (secondary N) is 1. The lowest BCUT2D eigenvalue weighted by molar-refractivity contribution is -0.124. The van der Waals surface area contributed by atoms with Crippen LogP contribution in [0.4, 0.5) is 0 Å². The number of aliphatic imine (C=N–C) groups is 1. The second kappa shape index (κ2) is 8.86. The van der Waals surface area contributed by atoms with E-state index in [2.05, 4.69) is 10.3 Å². The van der Waals surface area contributed by atoms with Gasteiger partial charge in [0.1, 0.15) is 18.6 Å². The smallest absolute Gasteiger partial charge is 0.232 e. The van der Waals surface area contributed by atoms with Gasteiger partial charge in [-0.2, -0.15) is 0 Å². The van der Waals surface area contributed by atoms with Crippen molar-refractivity contribution in [3.05, 3.63) is 71.8 Å². The molecule has 0 aliphatic carbocycles. The van der Waals surface area contributed by atoms with Gasteiger partial charge in [-0.1, -0.05) is 67.6 Å². The molecule has 0 aromatic heterocycles. The molecule has 5 heteroatoms. The molecule has 136 valence electrons. The molecule has 0 saturated heterocycles. The Morgan fingerprint density at radius 1 is 1.19 bits per heavy atom. The Morgan fingerprint density at radius 2 is 1.85 bits per heavy atom. The van der Waals surface area contributed by atoms with Crippen molar-refractivity contribution >= 4 is 23.4 Å². The first-order chi connectivity index (χ1) is 12.7. The van der Waals surface area contributed by atoms with Crippen molar-refractivity contribution in [1.82, 2.24) is 5.32 Å². The Kier molecular flexibility index (Phi) is 6.29. The molecule has 3 rings (SSSR count). The van der Waals surface area contributed by atoms with Crippen LogP contribution in [0.1, 0.15) is 36.6 Å². The van der Waals surface area contributed by atoms with Crippen LogP contribution in [0.3, 0.4) is 0 Å². The summed E-state index contributed by atoms with van der Waals surface area (Å²) >= 11 is 6.08. The maximum atomic E-state index is 12.8. The Morgan fingerprint density at radius 3 is 2.46 bits per heavy atom. The third-order valence-corrected chi connectivity index (χ3v) is 4.86. The van der Waals surface area contributed by atoms with E-state index in [0.29, 0.717) is 24.8 Å². The van der Waals surface area contributed by atoms with Gasteiger partial charge in [0.05, 0.1) is 6.04 Å². The topological polar surface area (TPSA) is 50.7 Å². The second-order valence-corrected chi connectivity index (χ2v) is 6.60. The zero-order valence-electron chi connectivity index (χ0n) is 14.8. The maximum Gasteiger partial charge on any atom is 0.232 e. The Hall–Kier alpha value is -2.33. The summed E-state index contributed by atoms with van der Waals surface area (Å²) in [6.07, 6.45) is 0.621. The van der Waals surface area contributed by atoms with Crippen LogP contribution in [0.5, 0.6) is 0 Å². The fourth-order valence-electron chi connectivity index (χ4n) is 3.07. The standard InChI is InChI=1S/C21H23ClN2O2/c1-2-17(20(25)23-18(13-22)15-9-5-3-6-10-15)21-24-19(14-26-21)16-11-7-4-8-12-16/h3-12,17-19H,2,13-14H2,1H3,(H,23,25)/t17?,18-,19-/m0/s1. The lowest BCUT2D eigenvalue weighted by Crippen LogP contribution is -2.38. The van der Waals surface area contributed by atoms with Crippen LogP contribution in [0.15, 0.2) is 65.7 Å². The number of rotatable bonds is 7. The van der Waals surface area contributed by atoms with Crippen molar-refractivity contribution in [2.75, 3.05) is 12.5 Å². The number of carbonyl (C=O) groups excluding carboxylic acids is 1. The lowest BCUT2D eigenvalue weighted by atomic mass is 10.0. The summed E-state index contributed by atoms with van der Waals surface area (Å²) < 4.78 is 5.77. The number of alkyl halides is 1. The van der Waals surface area contributed by atoms with Crippen LogP contribution >= 0.6 is 11.6 Å². The van der Waals surface area contributed by atoms with Crippen LogP contribution in [-0.2, 0) is 9.53 Å². The number of ether oxygens (including phenoxy) is 1. The zero-order chi connectivity index (χ0) is 18.4. The van der Waals surface area contributed by atoms with Crippen molar-refractivity contribution < 1.29 is 9.53 Å². The Bertz CT molecular complexity index is 749. The van der Waals surface area contributed by atoms with E-state index in [-0.39, 0.29) is 18.0 Å². The molecule has 1 N–H and O–H groups in total. The van der Waals surface area contributed by atoms with Gasteiger partial charge in [-0.3, -0.25) is 4.79 Å². The van der Waals surface area contributed by atoms with Gasteiger partial charge in [0.2, 0.25) is 5.91 Å². The summed E-state index contributed by atoms with van der Waals surface area (Å²) in [6, 6.07) is 19.5. The van der Waals surface area contributed by atoms with E-state index in [4.69, 9.17) is 16.3 Å². The highest BCUT2D eigenvalue weighted by Gasteiger charge is 2.31. The first-order valence-corrected chi connectivity index (χ1v) is 9.43.